The van der Waals surface area contributed by atoms with E-state index in [1.165, 1.54) is 34.4 Å². The minimum absolute atomic E-state index is 0.0781. The Morgan fingerprint density at radius 3 is 2.81 bits per heavy atom. The van der Waals surface area contributed by atoms with Gasteiger partial charge in [0.15, 0.2) is 9.47 Å². The van der Waals surface area contributed by atoms with Crippen LogP contribution in [0.5, 0.6) is 0 Å². The van der Waals surface area contributed by atoms with Crippen LogP contribution in [0.15, 0.2) is 34.0 Å². The molecule has 1 fully saturated rings. The summed E-state index contributed by atoms with van der Waals surface area (Å²) in [5, 5.41) is 16.2. The number of hydrogen-bond donors (Lipinski definition) is 2. The highest BCUT2D eigenvalue weighted by molar-refractivity contribution is 8.01. The van der Waals surface area contributed by atoms with Crippen molar-refractivity contribution in [3.05, 3.63) is 40.9 Å². The van der Waals surface area contributed by atoms with E-state index in [1.54, 1.807) is 4.90 Å². The molecule has 1 saturated heterocycles. The third-order valence-electron chi connectivity index (χ3n) is 4.64. The largest absolute Gasteiger partial charge is 0.312 e. The first-order valence-electron chi connectivity index (χ1n) is 9.73. The predicted molar refractivity (Wildman–Crippen MR) is 126 cm³/mol. The molecule has 1 aliphatic rings. The topological polar surface area (TPSA) is 117 Å². The summed E-state index contributed by atoms with van der Waals surface area (Å²) in [6.45, 7) is 4.15. The lowest BCUT2D eigenvalue weighted by Crippen LogP contribution is -2.28. The molecule has 0 saturated carbocycles. The van der Waals surface area contributed by atoms with Crippen molar-refractivity contribution in [2.45, 2.75) is 24.6 Å². The highest BCUT2D eigenvalue weighted by Crippen LogP contribution is 2.29. The number of thiazole rings is 1. The minimum Gasteiger partial charge on any atom is -0.312 e. The molecule has 0 radical (unpaired) electrons. The molecule has 2 N–H and O–H groups in total. The fourth-order valence-corrected chi connectivity index (χ4v) is 5.41. The van der Waals surface area contributed by atoms with E-state index < -0.39 is 5.92 Å². The van der Waals surface area contributed by atoms with Crippen LogP contribution < -0.4 is 15.5 Å². The van der Waals surface area contributed by atoms with E-state index in [9.17, 15) is 14.4 Å². The summed E-state index contributed by atoms with van der Waals surface area (Å²) in [5.41, 5.74) is 2.71. The molecule has 3 aromatic rings. The van der Waals surface area contributed by atoms with E-state index >= 15 is 0 Å². The van der Waals surface area contributed by atoms with E-state index in [0.29, 0.717) is 21.1 Å². The van der Waals surface area contributed by atoms with Gasteiger partial charge in [0, 0.05) is 24.0 Å². The number of benzene rings is 1. The number of aromatic nitrogens is 3. The number of carbonyl (C=O) groups is 3. The molecule has 0 aliphatic carbocycles. The number of hydrogen-bond acceptors (Lipinski definition) is 9. The standard InChI is InChI=1S/C20H20N6O3S3/c1-11-4-3-5-14(6-11)26-8-13(7-16(26)28)17(29)23-19-24-25-20(32-19)31-10-15(27)22-18-21-12(2)9-30-18/h3-6,9,13H,7-8,10H2,1-2H3,(H,21,22,27)(H,23,24,29). The highest BCUT2D eigenvalue weighted by atomic mass is 32.2. The maximum Gasteiger partial charge on any atom is 0.236 e. The molecule has 1 unspecified atom stereocenters. The van der Waals surface area contributed by atoms with Gasteiger partial charge >= 0.3 is 0 Å². The molecule has 12 heteroatoms. The van der Waals surface area contributed by atoms with E-state index in [-0.39, 0.29) is 29.9 Å². The van der Waals surface area contributed by atoms with Gasteiger partial charge in [0.1, 0.15) is 0 Å². The zero-order valence-electron chi connectivity index (χ0n) is 17.3. The number of amides is 3. The van der Waals surface area contributed by atoms with Crippen molar-refractivity contribution >= 4 is 68.1 Å². The van der Waals surface area contributed by atoms with Gasteiger partial charge in [-0.3, -0.25) is 14.4 Å². The predicted octanol–water partition coefficient (Wildman–Crippen LogP) is 3.33. The second kappa shape index (κ2) is 9.76. The lowest BCUT2D eigenvalue weighted by molar-refractivity contribution is -0.122. The lowest BCUT2D eigenvalue weighted by atomic mass is 10.1. The number of rotatable bonds is 7. The van der Waals surface area contributed by atoms with Crippen LogP contribution in [0, 0.1) is 19.8 Å². The fourth-order valence-electron chi connectivity index (χ4n) is 3.15. The molecule has 0 bridgehead atoms. The molecule has 3 heterocycles. The third kappa shape index (κ3) is 5.50. The Morgan fingerprint density at radius 1 is 1.22 bits per heavy atom. The van der Waals surface area contributed by atoms with Crippen molar-refractivity contribution in [2.24, 2.45) is 5.92 Å². The maximum absolute atomic E-state index is 12.7. The quantitative estimate of drug-likeness (QED) is 0.387. The molecule has 9 nitrogen and oxygen atoms in total. The van der Waals surface area contributed by atoms with Crippen molar-refractivity contribution in [1.82, 2.24) is 15.2 Å². The van der Waals surface area contributed by atoms with Crippen molar-refractivity contribution < 1.29 is 14.4 Å². The van der Waals surface area contributed by atoms with Crippen LogP contribution in [-0.4, -0.2) is 45.2 Å². The van der Waals surface area contributed by atoms with E-state index in [2.05, 4.69) is 25.8 Å². The molecule has 1 atom stereocenters. The third-order valence-corrected chi connectivity index (χ3v) is 7.49. The van der Waals surface area contributed by atoms with E-state index in [4.69, 9.17) is 0 Å². The Balaban J connectivity index is 1.28. The second-order valence-corrected chi connectivity index (χ2v) is 10.3. The molecule has 0 spiro atoms. The monoisotopic (exact) mass is 488 g/mol. The van der Waals surface area contributed by atoms with Crippen molar-refractivity contribution in [3.63, 3.8) is 0 Å². The first kappa shape index (κ1) is 22.4. The Hall–Kier alpha value is -2.83. The van der Waals surface area contributed by atoms with Crippen molar-refractivity contribution in [1.29, 1.82) is 0 Å². The molecular weight excluding hydrogens is 468 g/mol. The highest BCUT2D eigenvalue weighted by Gasteiger charge is 2.35. The van der Waals surface area contributed by atoms with Crippen molar-refractivity contribution in [2.75, 3.05) is 27.8 Å². The summed E-state index contributed by atoms with van der Waals surface area (Å²) in [6, 6.07) is 7.65. The van der Waals surface area contributed by atoms with Crippen LogP contribution in [0.25, 0.3) is 0 Å². The molecule has 4 rings (SSSR count). The number of nitrogens with one attached hydrogen (secondary N) is 2. The van der Waals surface area contributed by atoms with E-state index in [0.717, 1.165) is 16.9 Å². The first-order chi connectivity index (χ1) is 15.4. The Morgan fingerprint density at radius 2 is 2.06 bits per heavy atom. The Kier molecular flexibility index (Phi) is 6.82. The minimum atomic E-state index is -0.462. The molecule has 1 aromatic carbocycles. The zero-order chi connectivity index (χ0) is 22.7. The Labute approximate surface area is 196 Å². The molecule has 2 aromatic heterocycles. The first-order valence-corrected chi connectivity index (χ1v) is 12.4. The zero-order valence-corrected chi connectivity index (χ0v) is 19.8. The molecule has 3 amide bonds. The number of carbonyl (C=O) groups excluding carboxylic acids is 3. The van der Waals surface area contributed by atoms with Crippen LogP contribution in [0.3, 0.4) is 0 Å². The summed E-state index contributed by atoms with van der Waals surface area (Å²) >= 11 is 3.79. The van der Waals surface area contributed by atoms with Gasteiger partial charge < -0.3 is 15.5 Å². The van der Waals surface area contributed by atoms with Gasteiger partial charge in [-0.05, 0) is 31.5 Å². The molecule has 166 valence electrons. The summed E-state index contributed by atoms with van der Waals surface area (Å²) in [5.74, 6) is -0.839. The van der Waals surface area contributed by atoms with Crippen LogP contribution in [-0.2, 0) is 14.4 Å². The lowest BCUT2D eigenvalue weighted by Gasteiger charge is -2.17. The van der Waals surface area contributed by atoms with Gasteiger partial charge in [-0.2, -0.15) is 0 Å². The maximum atomic E-state index is 12.7. The normalized spacial score (nSPS) is 15.8. The van der Waals surface area contributed by atoms with Gasteiger partial charge in [0.2, 0.25) is 22.9 Å². The molecule has 32 heavy (non-hydrogen) atoms. The van der Waals surface area contributed by atoms with Crippen LogP contribution >= 0.6 is 34.4 Å². The van der Waals surface area contributed by atoms with E-state index in [1.807, 2.05) is 43.5 Å². The summed E-state index contributed by atoms with van der Waals surface area (Å²) in [4.78, 5) is 42.9. The van der Waals surface area contributed by atoms with Gasteiger partial charge in [0.05, 0.1) is 17.4 Å². The van der Waals surface area contributed by atoms with Crippen molar-refractivity contribution in [3.8, 4) is 0 Å². The number of anilines is 3. The summed E-state index contributed by atoms with van der Waals surface area (Å²) in [6.07, 6.45) is 0.149. The van der Waals surface area contributed by atoms with Gasteiger partial charge in [0.25, 0.3) is 0 Å². The average Bonchev–Trinajstić information content (AvgIpc) is 3.47. The van der Waals surface area contributed by atoms with Gasteiger partial charge in [-0.25, -0.2) is 4.98 Å². The number of aryl methyl sites for hydroxylation is 2. The van der Waals surface area contributed by atoms with Crippen LogP contribution in [0.1, 0.15) is 17.7 Å². The van der Waals surface area contributed by atoms with Crippen LogP contribution in [0.4, 0.5) is 16.0 Å². The number of thioether (sulfide) groups is 1. The van der Waals surface area contributed by atoms with Gasteiger partial charge in [-0.15, -0.1) is 21.5 Å². The number of nitrogens with zero attached hydrogens (tertiary/aromatic N) is 4. The van der Waals surface area contributed by atoms with Crippen LogP contribution in [0.2, 0.25) is 0 Å². The second-order valence-electron chi connectivity index (χ2n) is 7.24. The fraction of sp³-hybridized carbons (Fsp3) is 0.300. The molecular formula is C20H20N6O3S3. The Bertz CT molecular complexity index is 1160. The smallest absolute Gasteiger partial charge is 0.236 e. The SMILES string of the molecule is Cc1cccc(N2CC(C(=O)Nc3nnc(SCC(=O)Nc4nc(C)cs4)s3)CC2=O)c1. The average molecular weight is 489 g/mol. The summed E-state index contributed by atoms with van der Waals surface area (Å²) < 4.78 is 0.564. The molecule has 1 aliphatic heterocycles. The summed E-state index contributed by atoms with van der Waals surface area (Å²) in [7, 11) is 0. The van der Waals surface area contributed by atoms with Gasteiger partial charge in [-0.1, -0.05) is 35.2 Å².